The first kappa shape index (κ1) is 18.5. The Labute approximate surface area is 154 Å². The number of benzene rings is 1. The fourth-order valence-corrected chi connectivity index (χ4v) is 4.74. The van der Waals surface area contributed by atoms with Gasteiger partial charge in [0.1, 0.15) is 0 Å². The number of amides is 1. The van der Waals surface area contributed by atoms with Crippen LogP contribution in [0.5, 0.6) is 0 Å². The number of pyridine rings is 1. The third-order valence-corrected chi connectivity index (χ3v) is 6.42. The van der Waals surface area contributed by atoms with Crippen LogP contribution in [0.4, 0.5) is 0 Å². The molecule has 1 aliphatic rings. The lowest BCUT2D eigenvalue weighted by Crippen LogP contribution is -2.39. The second-order valence-electron chi connectivity index (χ2n) is 6.68. The van der Waals surface area contributed by atoms with E-state index >= 15 is 0 Å². The number of hydrogen-bond donors (Lipinski definition) is 1. The van der Waals surface area contributed by atoms with Crippen LogP contribution in [0.25, 0.3) is 0 Å². The van der Waals surface area contributed by atoms with Crippen molar-refractivity contribution in [2.45, 2.75) is 31.2 Å². The molecule has 1 N–H and O–H groups in total. The number of rotatable bonds is 5. The zero-order chi connectivity index (χ0) is 18.6. The predicted octanol–water partition coefficient (Wildman–Crippen LogP) is 2.43. The van der Waals surface area contributed by atoms with Gasteiger partial charge in [0, 0.05) is 37.6 Å². The lowest BCUT2D eigenvalue weighted by atomic mass is 10.0. The normalized spacial score (nSPS) is 18.4. The van der Waals surface area contributed by atoms with Crippen molar-refractivity contribution in [2.24, 2.45) is 5.92 Å². The van der Waals surface area contributed by atoms with E-state index in [4.69, 9.17) is 0 Å². The van der Waals surface area contributed by atoms with E-state index in [0.29, 0.717) is 31.1 Å². The quantitative estimate of drug-likeness (QED) is 0.873. The maximum atomic E-state index is 12.9. The van der Waals surface area contributed by atoms with Gasteiger partial charge in [0.15, 0.2) is 0 Å². The van der Waals surface area contributed by atoms with Crippen LogP contribution in [-0.2, 0) is 16.6 Å². The molecule has 1 atom stereocenters. The second kappa shape index (κ2) is 7.97. The molecule has 1 saturated heterocycles. The van der Waals surface area contributed by atoms with E-state index in [1.165, 1.54) is 10.4 Å². The molecule has 2 heterocycles. The Hall–Kier alpha value is -2.25. The third kappa shape index (κ3) is 4.28. The molecule has 7 heteroatoms. The highest BCUT2D eigenvalue weighted by Gasteiger charge is 2.29. The van der Waals surface area contributed by atoms with E-state index in [1.54, 1.807) is 30.6 Å². The summed E-state index contributed by atoms with van der Waals surface area (Å²) in [6.45, 7) is 3.48. The number of sulfonamides is 1. The van der Waals surface area contributed by atoms with Gasteiger partial charge in [0.05, 0.1) is 4.90 Å². The van der Waals surface area contributed by atoms with Crippen molar-refractivity contribution < 1.29 is 13.2 Å². The number of nitrogens with one attached hydrogen (secondary N) is 1. The van der Waals surface area contributed by atoms with Crippen molar-refractivity contribution in [3.8, 4) is 0 Å². The maximum absolute atomic E-state index is 12.9. The highest BCUT2D eigenvalue weighted by molar-refractivity contribution is 7.89. The second-order valence-corrected chi connectivity index (χ2v) is 8.61. The van der Waals surface area contributed by atoms with Crippen molar-refractivity contribution in [3.63, 3.8) is 0 Å². The highest BCUT2D eigenvalue weighted by atomic mass is 32.2. The highest BCUT2D eigenvalue weighted by Crippen LogP contribution is 2.24. The molecule has 26 heavy (non-hydrogen) atoms. The summed E-state index contributed by atoms with van der Waals surface area (Å²) < 4.78 is 27.3. The van der Waals surface area contributed by atoms with E-state index in [1.807, 2.05) is 12.1 Å². The van der Waals surface area contributed by atoms with Crippen molar-refractivity contribution >= 4 is 15.9 Å². The molecule has 1 aliphatic heterocycles. The minimum Gasteiger partial charge on any atom is -0.348 e. The van der Waals surface area contributed by atoms with Gasteiger partial charge in [-0.3, -0.25) is 9.78 Å². The van der Waals surface area contributed by atoms with Gasteiger partial charge in [0.25, 0.3) is 5.91 Å². The molecular formula is C19H23N3O3S. The van der Waals surface area contributed by atoms with Crippen molar-refractivity contribution in [1.29, 1.82) is 0 Å². The zero-order valence-electron chi connectivity index (χ0n) is 14.8. The average Bonchev–Trinajstić information content (AvgIpc) is 2.67. The molecule has 1 amide bonds. The molecule has 3 rings (SSSR count). The monoisotopic (exact) mass is 373 g/mol. The van der Waals surface area contributed by atoms with Crippen LogP contribution < -0.4 is 5.32 Å². The first-order valence-corrected chi connectivity index (χ1v) is 10.2. The summed E-state index contributed by atoms with van der Waals surface area (Å²) in [5, 5.41) is 2.81. The summed E-state index contributed by atoms with van der Waals surface area (Å²) >= 11 is 0. The van der Waals surface area contributed by atoms with Gasteiger partial charge < -0.3 is 5.32 Å². The third-order valence-electron chi connectivity index (χ3n) is 4.56. The number of piperidine rings is 1. The Kier molecular flexibility index (Phi) is 5.68. The number of nitrogens with zero attached hydrogens (tertiary/aromatic N) is 2. The summed E-state index contributed by atoms with van der Waals surface area (Å²) in [7, 11) is -3.57. The molecule has 0 spiro atoms. The standard InChI is InChI=1S/C19H23N3O3S/c1-15-4-3-11-22(14-15)26(24,25)18-6-2-5-17(12-18)19(23)21-13-16-7-9-20-10-8-16/h2,5-10,12,15H,3-4,11,13-14H2,1H3,(H,21,23). The number of carbonyl (C=O) groups excluding carboxylic acids is 1. The van der Waals surface area contributed by atoms with Gasteiger partial charge in [-0.25, -0.2) is 8.42 Å². The smallest absolute Gasteiger partial charge is 0.251 e. The Morgan fingerprint density at radius 1 is 1.27 bits per heavy atom. The van der Waals surface area contributed by atoms with Gasteiger partial charge in [-0.05, 0) is 54.7 Å². The van der Waals surface area contributed by atoms with Crippen LogP contribution in [0.15, 0.2) is 53.7 Å². The van der Waals surface area contributed by atoms with E-state index in [2.05, 4.69) is 17.2 Å². The average molecular weight is 373 g/mol. The molecule has 0 bridgehead atoms. The number of carbonyl (C=O) groups is 1. The Bertz CT molecular complexity index is 869. The van der Waals surface area contributed by atoms with Crippen molar-refractivity contribution in [3.05, 3.63) is 59.9 Å². The summed E-state index contributed by atoms with van der Waals surface area (Å²) in [4.78, 5) is 16.5. The van der Waals surface area contributed by atoms with E-state index in [-0.39, 0.29) is 10.8 Å². The van der Waals surface area contributed by atoms with E-state index in [0.717, 1.165) is 18.4 Å². The minimum atomic E-state index is -3.57. The van der Waals surface area contributed by atoms with Crippen molar-refractivity contribution in [1.82, 2.24) is 14.6 Å². The molecule has 0 aliphatic carbocycles. The first-order chi connectivity index (χ1) is 12.5. The molecule has 1 unspecified atom stereocenters. The minimum absolute atomic E-state index is 0.170. The maximum Gasteiger partial charge on any atom is 0.251 e. The molecule has 0 saturated carbocycles. The van der Waals surface area contributed by atoms with Gasteiger partial charge >= 0.3 is 0 Å². The molecule has 2 aromatic rings. The van der Waals surface area contributed by atoms with Crippen LogP contribution in [0.2, 0.25) is 0 Å². The Morgan fingerprint density at radius 2 is 2.04 bits per heavy atom. The zero-order valence-corrected chi connectivity index (χ0v) is 15.6. The lowest BCUT2D eigenvalue weighted by molar-refractivity contribution is 0.0950. The topological polar surface area (TPSA) is 79.4 Å². The first-order valence-electron chi connectivity index (χ1n) is 8.74. The van der Waals surface area contributed by atoms with Crippen molar-refractivity contribution in [2.75, 3.05) is 13.1 Å². The number of aromatic nitrogens is 1. The summed E-state index contributed by atoms with van der Waals surface area (Å²) in [5.41, 5.74) is 1.27. The van der Waals surface area contributed by atoms with E-state index < -0.39 is 10.0 Å². The molecular weight excluding hydrogens is 350 g/mol. The Balaban J connectivity index is 1.74. The number of hydrogen-bond acceptors (Lipinski definition) is 4. The van der Waals surface area contributed by atoms with Crippen LogP contribution >= 0.6 is 0 Å². The van der Waals surface area contributed by atoms with E-state index in [9.17, 15) is 13.2 Å². The van der Waals surface area contributed by atoms with Gasteiger partial charge in [0.2, 0.25) is 10.0 Å². The van der Waals surface area contributed by atoms with Gasteiger partial charge in [-0.2, -0.15) is 4.31 Å². The molecule has 6 nitrogen and oxygen atoms in total. The van der Waals surface area contributed by atoms with Gasteiger partial charge in [-0.15, -0.1) is 0 Å². The van der Waals surface area contributed by atoms with Crippen LogP contribution in [-0.4, -0.2) is 36.7 Å². The molecule has 0 radical (unpaired) electrons. The van der Waals surface area contributed by atoms with Crippen LogP contribution in [0, 0.1) is 5.92 Å². The largest absolute Gasteiger partial charge is 0.348 e. The lowest BCUT2D eigenvalue weighted by Gasteiger charge is -2.30. The van der Waals surface area contributed by atoms with Gasteiger partial charge in [-0.1, -0.05) is 13.0 Å². The Morgan fingerprint density at radius 3 is 2.77 bits per heavy atom. The fourth-order valence-electron chi connectivity index (χ4n) is 3.10. The summed E-state index contributed by atoms with van der Waals surface area (Å²) in [5.74, 6) is 0.0521. The molecule has 1 fully saturated rings. The SMILES string of the molecule is CC1CCCN(S(=O)(=O)c2cccc(C(=O)NCc3ccncc3)c2)C1. The molecule has 1 aromatic carbocycles. The summed E-state index contributed by atoms with van der Waals surface area (Å²) in [6.07, 6.45) is 5.23. The predicted molar refractivity (Wildman–Crippen MR) is 99.0 cm³/mol. The van der Waals surface area contributed by atoms with Crippen LogP contribution in [0.3, 0.4) is 0 Å². The fraction of sp³-hybridized carbons (Fsp3) is 0.368. The summed E-state index contributed by atoms with van der Waals surface area (Å²) in [6, 6.07) is 9.88. The van der Waals surface area contributed by atoms with Crippen LogP contribution in [0.1, 0.15) is 35.7 Å². The molecule has 138 valence electrons. The molecule has 1 aromatic heterocycles.